The first-order chi connectivity index (χ1) is 18.4. The molecule has 1 amide bonds. The third kappa shape index (κ3) is 6.06. The molecule has 5 N–H and O–H groups in total. The van der Waals surface area contributed by atoms with Gasteiger partial charge in [0, 0.05) is 30.8 Å². The number of amides is 1. The van der Waals surface area contributed by atoms with Gasteiger partial charge in [0.25, 0.3) is 0 Å². The zero-order chi connectivity index (χ0) is 28.5. The second-order valence-electron chi connectivity index (χ2n) is 10.5. The Morgan fingerprint density at radius 3 is 2.59 bits per heavy atom. The lowest BCUT2D eigenvalue weighted by molar-refractivity contribution is -0.00233. The van der Waals surface area contributed by atoms with Crippen molar-refractivity contribution >= 4 is 39.4 Å². The summed E-state index contributed by atoms with van der Waals surface area (Å²) in [5.74, 6) is 0.431. The van der Waals surface area contributed by atoms with Crippen molar-refractivity contribution in [2.24, 2.45) is 5.92 Å². The summed E-state index contributed by atoms with van der Waals surface area (Å²) >= 11 is 1.51. The van der Waals surface area contributed by atoms with Crippen molar-refractivity contribution in [2.75, 3.05) is 31.5 Å². The molecule has 5 atom stereocenters. The molecule has 3 heterocycles. The number of nitrogens with one attached hydrogen (secondary N) is 3. The number of ether oxygens (including phenoxy) is 2. The van der Waals surface area contributed by atoms with Crippen molar-refractivity contribution < 1.29 is 24.5 Å². The Morgan fingerprint density at radius 2 is 1.92 bits per heavy atom. The van der Waals surface area contributed by atoms with Gasteiger partial charge in [0.05, 0.1) is 47.5 Å². The number of anilines is 2. The highest BCUT2D eigenvalue weighted by molar-refractivity contribution is 7.21. The number of nitrogens with zero attached hydrogens (tertiary/aromatic N) is 4. The number of hydrogen-bond donors (Lipinski definition) is 5. The van der Waals surface area contributed by atoms with E-state index in [2.05, 4.69) is 25.9 Å². The Labute approximate surface area is 231 Å². The van der Waals surface area contributed by atoms with Crippen LogP contribution in [-0.2, 0) is 9.47 Å². The second kappa shape index (κ2) is 11.5. The third-order valence-electron chi connectivity index (χ3n) is 7.13. The Hall–Kier alpha value is -3.13. The molecule has 3 aromatic rings. The summed E-state index contributed by atoms with van der Waals surface area (Å²) < 4.78 is 11.0. The van der Waals surface area contributed by atoms with Gasteiger partial charge in [0.1, 0.15) is 22.4 Å². The summed E-state index contributed by atoms with van der Waals surface area (Å²) in [7, 11) is 2.91. The van der Waals surface area contributed by atoms with E-state index in [1.807, 2.05) is 26.8 Å². The number of carbonyl (C=O) groups is 1. The van der Waals surface area contributed by atoms with Gasteiger partial charge in [-0.25, -0.2) is 14.8 Å². The van der Waals surface area contributed by atoms with Crippen LogP contribution in [0.2, 0.25) is 0 Å². The van der Waals surface area contributed by atoms with Gasteiger partial charge in [0.2, 0.25) is 5.95 Å². The van der Waals surface area contributed by atoms with Crippen molar-refractivity contribution in [3.05, 3.63) is 23.7 Å². The van der Waals surface area contributed by atoms with Gasteiger partial charge in [-0.3, -0.25) is 4.98 Å². The van der Waals surface area contributed by atoms with Gasteiger partial charge >= 0.3 is 6.09 Å². The van der Waals surface area contributed by atoms with Gasteiger partial charge in [0.15, 0.2) is 0 Å². The SMILES string of the molecule is COC[C@@H](C)Nc1nc(C)c(-c2nc3c(C)nccc3s2)c(NC2C[C@H](C(C)(C)NC(=O)OC)[C@@H](O)[C@H]2O)n1. The number of rotatable bonds is 9. The summed E-state index contributed by atoms with van der Waals surface area (Å²) in [6, 6.07) is 1.32. The fraction of sp³-hybridized carbons (Fsp3) is 0.577. The molecule has 1 fully saturated rings. The topological polar surface area (TPSA) is 164 Å². The highest BCUT2D eigenvalue weighted by Gasteiger charge is 2.49. The molecule has 1 saturated carbocycles. The molecular weight excluding hydrogens is 522 g/mol. The molecule has 0 aromatic carbocycles. The van der Waals surface area contributed by atoms with Crippen molar-refractivity contribution in [2.45, 2.75) is 70.9 Å². The van der Waals surface area contributed by atoms with Gasteiger partial charge in [-0.1, -0.05) is 0 Å². The average Bonchev–Trinajstić information content (AvgIpc) is 3.41. The van der Waals surface area contributed by atoms with Gasteiger partial charge < -0.3 is 35.6 Å². The fourth-order valence-electron chi connectivity index (χ4n) is 5.08. The lowest BCUT2D eigenvalue weighted by Crippen LogP contribution is -2.52. The number of alkyl carbamates (subject to hydrolysis) is 1. The van der Waals surface area contributed by atoms with E-state index in [1.54, 1.807) is 27.2 Å². The minimum atomic E-state index is -1.11. The quantitative estimate of drug-likeness (QED) is 0.262. The molecule has 1 unspecified atom stereocenters. The molecule has 12 nitrogen and oxygen atoms in total. The predicted molar refractivity (Wildman–Crippen MR) is 150 cm³/mol. The number of carbonyl (C=O) groups excluding carboxylic acids is 1. The van der Waals surface area contributed by atoms with Crippen LogP contribution < -0.4 is 16.0 Å². The van der Waals surface area contributed by atoms with E-state index in [0.717, 1.165) is 20.9 Å². The van der Waals surface area contributed by atoms with Crippen LogP contribution in [0.25, 0.3) is 20.8 Å². The van der Waals surface area contributed by atoms with Crippen molar-refractivity contribution in [1.29, 1.82) is 0 Å². The number of aliphatic hydroxyl groups is 2. The molecule has 0 bridgehead atoms. The predicted octanol–water partition coefficient (Wildman–Crippen LogP) is 2.87. The van der Waals surface area contributed by atoms with Gasteiger partial charge in [-0.2, -0.15) is 4.98 Å². The van der Waals surface area contributed by atoms with Crippen LogP contribution in [0.15, 0.2) is 12.3 Å². The van der Waals surface area contributed by atoms with Crippen LogP contribution in [0.3, 0.4) is 0 Å². The standard InChI is InChI=1S/C26H37N7O5S/c1-12(11-37-6)28-24-29-13(2)18(23-31-19-14(3)27-9-8-17(19)39-23)22(32-24)30-16-10-15(20(34)21(16)35)26(4,5)33-25(36)38-7/h8-9,12,15-16,20-21,34-35H,10-11H2,1-7H3,(H,33,36)(H2,28,29,30,32)/t12-,15+,16?,20-,21+/m1/s1. The molecular formula is C26H37N7O5S. The first-order valence-electron chi connectivity index (χ1n) is 12.8. The number of hydrogen-bond acceptors (Lipinski definition) is 12. The number of thiazole rings is 1. The van der Waals surface area contributed by atoms with Crippen molar-refractivity contribution in [3.63, 3.8) is 0 Å². The Kier molecular flexibility index (Phi) is 8.54. The van der Waals surface area contributed by atoms with E-state index in [4.69, 9.17) is 19.4 Å². The smallest absolute Gasteiger partial charge is 0.407 e. The number of methoxy groups -OCH3 is 2. The highest BCUT2D eigenvalue weighted by atomic mass is 32.1. The highest BCUT2D eigenvalue weighted by Crippen LogP contribution is 2.40. The molecule has 4 rings (SSSR count). The zero-order valence-corrected chi connectivity index (χ0v) is 24.1. The number of aliphatic hydroxyl groups excluding tert-OH is 2. The van der Waals surface area contributed by atoms with E-state index in [0.29, 0.717) is 36.1 Å². The minimum absolute atomic E-state index is 0.0438. The molecule has 0 saturated heterocycles. The van der Waals surface area contributed by atoms with Crippen molar-refractivity contribution in [3.8, 4) is 10.6 Å². The molecule has 0 spiro atoms. The van der Waals surface area contributed by atoms with E-state index in [-0.39, 0.29) is 6.04 Å². The van der Waals surface area contributed by atoms with Gasteiger partial charge in [-0.15, -0.1) is 11.3 Å². The number of aryl methyl sites for hydroxylation is 2. The second-order valence-corrected chi connectivity index (χ2v) is 11.6. The summed E-state index contributed by atoms with van der Waals surface area (Å²) in [5.41, 5.74) is 2.20. The maximum Gasteiger partial charge on any atom is 0.407 e. The average molecular weight is 560 g/mol. The van der Waals surface area contributed by atoms with Crippen LogP contribution >= 0.6 is 11.3 Å². The lowest BCUT2D eigenvalue weighted by Gasteiger charge is -2.34. The summed E-state index contributed by atoms with van der Waals surface area (Å²) in [5, 5.41) is 32.1. The molecule has 13 heteroatoms. The molecule has 39 heavy (non-hydrogen) atoms. The first kappa shape index (κ1) is 28.9. The molecule has 1 aliphatic carbocycles. The monoisotopic (exact) mass is 559 g/mol. The van der Waals surface area contributed by atoms with Crippen molar-refractivity contribution in [1.82, 2.24) is 25.3 Å². The number of pyridine rings is 1. The normalized spacial score (nSPS) is 22.1. The Morgan fingerprint density at radius 1 is 1.18 bits per heavy atom. The zero-order valence-electron chi connectivity index (χ0n) is 23.3. The van der Waals surface area contributed by atoms with Crippen LogP contribution in [0.1, 0.15) is 38.6 Å². The van der Waals surface area contributed by atoms with E-state index in [1.165, 1.54) is 18.4 Å². The largest absolute Gasteiger partial charge is 0.453 e. The first-order valence-corrected chi connectivity index (χ1v) is 13.6. The van der Waals surface area contributed by atoms with Gasteiger partial charge in [-0.05, 0) is 47.1 Å². The van der Waals surface area contributed by atoms with E-state index in [9.17, 15) is 15.0 Å². The molecule has 3 aromatic heterocycles. The minimum Gasteiger partial charge on any atom is -0.453 e. The Balaban J connectivity index is 1.72. The maximum absolute atomic E-state index is 11.9. The van der Waals surface area contributed by atoms with Crippen LogP contribution in [0, 0.1) is 19.8 Å². The van der Waals surface area contributed by atoms with Crippen LogP contribution in [0.5, 0.6) is 0 Å². The molecule has 1 aliphatic rings. The lowest BCUT2D eigenvalue weighted by atomic mass is 9.84. The molecule has 0 aliphatic heterocycles. The van der Waals surface area contributed by atoms with E-state index < -0.39 is 35.8 Å². The number of aromatic nitrogens is 4. The van der Waals surface area contributed by atoms with Crippen LogP contribution in [-0.4, -0.2) is 86.9 Å². The molecule has 212 valence electrons. The summed E-state index contributed by atoms with van der Waals surface area (Å²) in [6.45, 7) is 9.82. The third-order valence-corrected chi connectivity index (χ3v) is 8.17. The summed E-state index contributed by atoms with van der Waals surface area (Å²) in [4.78, 5) is 30.6. The van der Waals surface area contributed by atoms with Crippen LogP contribution in [0.4, 0.5) is 16.6 Å². The number of fused-ring (bicyclic) bond motifs is 1. The Bertz CT molecular complexity index is 1330. The maximum atomic E-state index is 11.9. The summed E-state index contributed by atoms with van der Waals surface area (Å²) in [6.07, 6.45) is -0.673. The van der Waals surface area contributed by atoms with E-state index >= 15 is 0 Å². The fourth-order valence-corrected chi connectivity index (χ4v) is 6.19. The molecule has 0 radical (unpaired) electrons.